The molecule has 0 saturated carbocycles. The molecule has 7 heteroatoms. The quantitative estimate of drug-likeness (QED) is 0.604. The number of hydrogen-bond acceptors (Lipinski definition) is 5. The minimum atomic E-state index is -0.213. The van der Waals surface area contributed by atoms with Gasteiger partial charge in [0.2, 0.25) is 0 Å². The normalized spacial score (nSPS) is 15.4. The number of rotatable bonds is 5. The maximum Gasteiger partial charge on any atom is 0.263 e. The molecule has 1 amide bonds. The van der Waals surface area contributed by atoms with E-state index in [-0.39, 0.29) is 5.91 Å². The second-order valence-corrected chi connectivity index (χ2v) is 7.29. The van der Waals surface area contributed by atoms with Crippen molar-refractivity contribution in [3.8, 4) is 11.5 Å². The molecule has 0 aliphatic carbocycles. The molecule has 25 heavy (non-hydrogen) atoms. The Kier molecular flexibility index (Phi) is 5.63. The van der Waals surface area contributed by atoms with E-state index in [2.05, 4.69) is 5.32 Å². The van der Waals surface area contributed by atoms with Crippen LogP contribution >= 0.6 is 35.6 Å². The van der Waals surface area contributed by atoms with Gasteiger partial charge in [0.1, 0.15) is 10.9 Å². The van der Waals surface area contributed by atoms with E-state index in [9.17, 15) is 4.79 Å². The van der Waals surface area contributed by atoms with E-state index >= 15 is 0 Å². The molecule has 0 unspecified atom stereocenters. The summed E-state index contributed by atoms with van der Waals surface area (Å²) in [6.45, 7) is 0.379. The van der Waals surface area contributed by atoms with Crippen molar-refractivity contribution < 1.29 is 14.3 Å². The molecule has 0 spiro atoms. The summed E-state index contributed by atoms with van der Waals surface area (Å²) in [4.78, 5) is 12.3. The summed E-state index contributed by atoms with van der Waals surface area (Å²) in [5, 5.41) is 2.99. The van der Waals surface area contributed by atoms with Crippen LogP contribution in [0.5, 0.6) is 11.5 Å². The van der Waals surface area contributed by atoms with Gasteiger partial charge in [-0.1, -0.05) is 65.9 Å². The Labute approximate surface area is 160 Å². The van der Waals surface area contributed by atoms with Crippen LogP contribution in [0.3, 0.4) is 0 Å². The molecule has 2 aromatic carbocycles. The van der Waals surface area contributed by atoms with Crippen molar-refractivity contribution in [3.63, 3.8) is 0 Å². The summed E-state index contributed by atoms with van der Waals surface area (Å²) in [7, 11) is 1.55. The predicted octanol–water partition coefficient (Wildman–Crippen LogP) is 4.42. The van der Waals surface area contributed by atoms with Crippen LogP contribution in [0.2, 0.25) is 5.02 Å². The first-order valence-electron chi connectivity index (χ1n) is 7.36. The van der Waals surface area contributed by atoms with Crippen LogP contribution in [-0.4, -0.2) is 17.3 Å². The van der Waals surface area contributed by atoms with Gasteiger partial charge in [0, 0.05) is 0 Å². The van der Waals surface area contributed by atoms with Crippen molar-refractivity contribution in [1.29, 1.82) is 0 Å². The molecule has 0 aromatic heterocycles. The first kappa shape index (κ1) is 17.8. The Morgan fingerprint density at radius 1 is 1.28 bits per heavy atom. The second-order valence-electron chi connectivity index (χ2n) is 5.16. The Morgan fingerprint density at radius 2 is 2.04 bits per heavy atom. The van der Waals surface area contributed by atoms with Gasteiger partial charge in [-0.05, 0) is 29.3 Å². The highest BCUT2D eigenvalue weighted by atomic mass is 35.5. The van der Waals surface area contributed by atoms with Gasteiger partial charge in [0.25, 0.3) is 5.91 Å². The first-order chi connectivity index (χ1) is 12.1. The van der Waals surface area contributed by atoms with Gasteiger partial charge in [-0.3, -0.25) is 4.79 Å². The molecule has 1 N–H and O–H groups in total. The lowest BCUT2D eigenvalue weighted by Crippen LogP contribution is -2.17. The zero-order valence-electron chi connectivity index (χ0n) is 13.2. The average molecular weight is 392 g/mol. The number of hydrogen-bond donors (Lipinski definition) is 1. The van der Waals surface area contributed by atoms with Gasteiger partial charge in [0.15, 0.2) is 11.5 Å². The fourth-order valence-electron chi connectivity index (χ4n) is 2.27. The SMILES string of the molecule is COc1cc(C=C2SC(=S)NC2=O)cc(Cl)c1OCc1ccccc1. The van der Waals surface area contributed by atoms with Crippen molar-refractivity contribution >= 4 is 51.9 Å². The Hall–Kier alpha value is -2.02. The molecule has 1 aliphatic heterocycles. The van der Waals surface area contributed by atoms with Crippen LogP contribution in [0.15, 0.2) is 47.4 Å². The third-order valence-electron chi connectivity index (χ3n) is 3.42. The number of amides is 1. The van der Waals surface area contributed by atoms with Crippen LogP contribution in [0.4, 0.5) is 0 Å². The maximum atomic E-state index is 11.8. The smallest absolute Gasteiger partial charge is 0.263 e. The summed E-state index contributed by atoms with van der Waals surface area (Å²) in [6.07, 6.45) is 1.72. The number of halogens is 1. The summed E-state index contributed by atoms with van der Waals surface area (Å²) < 4.78 is 11.7. The first-order valence-corrected chi connectivity index (χ1v) is 8.96. The number of methoxy groups -OCH3 is 1. The Morgan fingerprint density at radius 3 is 2.68 bits per heavy atom. The zero-order chi connectivity index (χ0) is 17.8. The lowest BCUT2D eigenvalue weighted by molar-refractivity contribution is -0.115. The number of carbonyl (C=O) groups is 1. The van der Waals surface area contributed by atoms with Crippen molar-refractivity contribution in [3.05, 3.63) is 63.5 Å². The van der Waals surface area contributed by atoms with Crippen molar-refractivity contribution in [2.75, 3.05) is 7.11 Å². The van der Waals surface area contributed by atoms with E-state index in [1.54, 1.807) is 25.3 Å². The van der Waals surface area contributed by atoms with Crippen molar-refractivity contribution in [2.45, 2.75) is 6.61 Å². The van der Waals surface area contributed by atoms with E-state index in [1.165, 1.54) is 11.8 Å². The monoisotopic (exact) mass is 391 g/mol. The fraction of sp³-hybridized carbons (Fsp3) is 0.111. The van der Waals surface area contributed by atoms with Gasteiger partial charge in [-0.15, -0.1) is 0 Å². The van der Waals surface area contributed by atoms with Crippen molar-refractivity contribution in [2.24, 2.45) is 0 Å². The number of ether oxygens (including phenoxy) is 2. The van der Waals surface area contributed by atoms with Gasteiger partial charge in [-0.2, -0.15) is 0 Å². The van der Waals surface area contributed by atoms with E-state index in [4.69, 9.17) is 33.3 Å². The molecule has 0 bridgehead atoms. The number of thioether (sulfide) groups is 1. The van der Waals surface area contributed by atoms with E-state index < -0.39 is 0 Å². The molecule has 128 valence electrons. The predicted molar refractivity (Wildman–Crippen MR) is 105 cm³/mol. The van der Waals surface area contributed by atoms with Crippen LogP contribution in [0.1, 0.15) is 11.1 Å². The molecular formula is C18H14ClNO3S2. The fourth-order valence-corrected chi connectivity index (χ4v) is 3.58. The number of carbonyl (C=O) groups excluding carboxylic acids is 1. The number of thiocarbonyl (C=S) groups is 1. The van der Waals surface area contributed by atoms with E-state index in [0.29, 0.717) is 32.4 Å². The summed E-state index contributed by atoms with van der Waals surface area (Å²) in [6, 6.07) is 13.3. The standard InChI is InChI=1S/C18H14ClNO3S2/c1-22-14-8-12(9-15-17(21)20-18(24)25-15)7-13(19)16(14)23-10-11-5-3-2-4-6-11/h2-9H,10H2,1H3,(H,20,21,24). The summed E-state index contributed by atoms with van der Waals surface area (Å²) in [5.41, 5.74) is 1.76. The second kappa shape index (κ2) is 7.91. The topological polar surface area (TPSA) is 47.6 Å². The molecule has 4 nitrogen and oxygen atoms in total. The van der Waals surface area contributed by atoms with Crippen LogP contribution in [0.25, 0.3) is 6.08 Å². The lowest BCUT2D eigenvalue weighted by atomic mass is 10.1. The largest absolute Gasteiger partial charge is 0.493 e. The molecule has 2 aromatic rings. The number of benzene rings is 2. The Bertz CT molecular complexity index is 853. The highest BCUT2D eigenvalue weighted by Gasteiger charge is 2.22. The van der Waals surface area contributed by atoms with E-state index in [0.717, 1.165) is 11.1 Å². The zero-order valence-corrected chi connectivity index (χ0v) is 15.6. The highest BCUT2D eigenvalue weighted by molar-refractivity contribution is 8.26. The highest BCUT2D eigenvalue weighted by Crippen LogP contribution is 2.38. The van der Waals surface area contributed by atoms with Gasteiger partial charge >= 0.3 is 0 Å². The van der Waals surface area contributed by atoms with Crippen LogP contribution < -0.4 is 14.8 Å². The van der Waals surface area contributed by atoms with Crippen LogP contribution in [-0.2, 0) is 11.4 Å². The van der Waals surface area contributed by atoms with Gasteiger partial charge in [0.05, 0.1) is 17.0 Å². The molecule has 1 fully saturated rings. The lowest BCUT2D eigenvalue weighted by Gasteiger charge is -2.13. The summed E-state index contributed by atoms with van der Waals surface area (Å²) >= 11 is 12.6. The molecular weight excluding hydrogens is 378 g/mol. The molecule has 3 rings (SSSR count). The number of nitrogens with one attached hydrogen (secondary N) is 1. The molecule has 1 heterocycles. The van der Waals surface area contributed by atoms with Gasteiger partial charge in [-0.25, -0.2) is 0 Å². The summed E-state index contributed by atoms with van der Waals surface area (Å²) in [5.74, 6) is 0.755. The molecule has 0 radical (unpaired) electrons. The molecule has 0 atom stereocenters. The third-order valence-corrected chi connectivity index (χ3v) is 4.86. The maximum absolute atomic E-state index is 11.8. The minimum absolute atomic E-state index is 0.213. The van der Waals surface area contributed by atoms with Crippen molar-refractivity contribution in [1.82, 2.24) is 5.32 Å². The molecule has 1 saturated heterocycles. The minimum Gasteiger partial charge on any atom is -0.493 e. The third kappa shape index (κ3) is 4.34. The average Bonchev–Trinajstić information content (AvgIpc) is 2.91. The molecule has 1 aliphatic rings. The van der Waals surface area contributed by atoms with Crippen LogP contribution in [0, 0.1) is 0 Å². The Balaban J connectivity index is 1.85. The van der Waals surface area contributed by atoms with E-state index in [1.807, 2.05) is 30.3 Å². The van der Waals surface area contributed by atoms with Gasteiger partial charge < -0.3 is 14.8 Å².